The molecule has 3 N–H and O–H groups in total. The number of nitrogens with one attached hydrogen (secondary N) is 1. The Morgan fingerprint density at radius 2 is 2.00 bits per heavy atom. The summed E-state index contributed by atoms with van der Waals surface area (Å²) in [4.78, 5) is 28.1. The van der Waals surface area contributed by atoms with Crippen LogP contribution in [0.4, 0.5) is 5.13 Å². The van der Waals surface area contributed by atoms with Gasteiger partial charge in [0.2, 0.25) is 0 Å². The van der Waals surface area contributed by atoms with Gasteiger partial charge in [-0.3, -0.25) is 14.9 Å². The van der Waals surface area contributed by atoms with E-state index in [9.17, 15) is 9.59 Å². The van der Waals surface area contributed by atoms with Gasteiger partial charge < -0.3 is 10.5 Å². The molecule has 0 radical (unpaired) electrons. The van der Waals surface area contributed by atoms with Crippen LogP contribution in [0.1, 0.15) is 20.7 Å². The number of ether oxygens (including phenoxy) is 1. The first-order chi connectivity index (χ1) is 11.1. The highest BCUT2D eigenvalue weighted by atomic mass is 32.1. The quantitative estimate of drug-likeness (QED) is 0.770. The van der Waals surface area contributed by atoms with Crippen molar-refractivity contribution in [2.45, 2.75) is 0 Å². The maximum absolute atomic E-state index is 12.3. The molecule has 2 aromatic carbocycles. The van der Waals surface area contributed by atoms with E-state index in [0.717, 1.165) is 10.2 Å². The molecule has 0 aliphatic rings. The summed E-state index contributed by atoms with van der Waals surface area (Å²) >= 11 is 1.38. The molecule has 1 heterocycles. The number of amides is 2. The number of aromatic nitrogens is 1. The Labute approximate surface area is 135 Å². The van der Waals surface area contributed by atoms with Gasteiger partial charge in [-0.25, -0.2) is 4.98 Å². The molecular formula is C16H13N3O3S. The van der Waals surface area contributed by atoms with Crippen molar-refractivity contribution in [3.63, 3.8) is 0 Å². The van der Waals surface area contributed by atoms with Crippen LogP contribution in [0, 0.1) is 0 Å². The fourth-order valence-electron chi connectivity index (χ4n) is 2.14. The van der Waals surface area contributed by atoms with Crippen molar-refractivity contribution < 1.29 is 14.3 Å². The zero-order chi connectivity index (χ0) is 16.4. The van der Waals surface area contributed by atoms with Crippen LogP contribution in [0.2, 0.25) is 0 Å². The van der Waals surface area contributed by atoms with Gasteiger partial charge in [0.05, 0.1) is 22.9 Å². The van der Waals surface area contributed by atoms with Crippen molar-refractivity contribution in [3.05, 3.63) is 53.6 Å². The molecule has 7 heteroatoms. The number of nitrogens with two attached hydrogens (primary N) is 1. The average molecular weight is 327 g/mol. The van der Waals surface area contributed by atoms with Gasteiger partial charge in [0, 0.05) is 5.56 Å². The Hall–Kier alpha value is -2.93. The first-order valence-corrected chi connectivity index (χ1v) is 7.55. The fraction of sp³-hybridized carbons (Fsp3) is 0.0625. The largest absolute Gasteiger partial charge is 0.496 e. The highest BCUT2D eigenvalue weighted by Gasteiger charge is 2.15. The lowest BCUT2D eigenvalue weighted by atomic mass is 10.1. The summed E-state index contributed by atoms with van der Waals surface area (Å²) in [5, 5.41) is 3.22. The van der Waals surface area contributed by atoms with E-state index in [0.29, 0.717) is 16.4 Å². The van der Waals surface area contributed by atoms with Gasteiger partial charge in [-0.1, -0.05) is 23.5 Å². The van der Waals surface area contributed by atoms with Gasteiger partial charge in [0.1, 0.15) is 5.75 Å². The minimum absolute atomic E-state index is 0.157. The number of hydrogen-bond donors (Lipinski definition) is 2. The van der Waals surface area contributed by atoms with Gasteiger partial charge in [-0.05, 0) is 30.3 Å². The number of anilines is 1. The first-order valence-electron chi connectivity index (χ1n) is 6.73. The van der Waals surface area contributed by atoms with Crippen molar-refractivity contribution in [2.75, 3.05) is 12.4 Å². The molecule has 116 valence electrons. The fourth-order valence-corrected chi connectivity index (χ4v) is 3.00. The molecule has 6 nitrogen and oxygen atoms in total. The Balaban J connectivity index is 1.88. The topological polar surface area (TPSA) is 94.3 Å². The molecule has 0 fully saturated rings. The van der Waals surface area contributed by atoms with E-state index in [2.05, 4.69) is 10.3 Å². The molecule has 1 aromatic heterocycles. The van der Waals surface area contributed by atoms with E-state index in [4.69, 9.17) is 10.5 Å². The van der Waals surface area contributed by atoms with Gasteiger partial charge in [-0.15, -0.1) is 0 Å². The van der Waals surface area contributed by atoms with Crippen LogP contribution in [-0.2, 0) is 0 Å². The first kappa shape index (κ1) is 15.0. The van der Waals surface area contributed by atoms with Crippen LogP contribution in [-0.4, -0.2) is 23.9 Å². The third kappa shape index (κ3) is 3.00. The maximum atomic E-state index is 12.3. The number of primary amides is 1. The molecule has 0 atom stereocenters. The summed E-state index contributed by atoms with van der Waals surface area (Å²) in [5.41, 5.74) is 6.58. The minimum Gasteiger partial charge on any atom is -0.496 e. The second kappa shape index (κ2) is 6.05. The van der Waals surface area contributed by atoms with Crippen LogP contribution in [0.3, 0.4) is 0 Å². The molecule has 0 spiro atoms. The van der Waals surface area contributed by atoms with Gasteiger partial charge in [-0.2, -0.15) is 0 Å². The third-order valence-electron chi connectivity index (χ3n) is 3.24. The standard InChI is InChI=1S/C16H13N3O3S/c1-22-12-7-6-9(8-10(12)14(17)20)15(21)19-16-18-11-4-2-3-5-13(11)23-16/h2-8H,1H3,(H2,17,20)(H,18,19,21). The van der Waals surface area contributed by atoms with E-state index in [1.54, 1.807) is 6.07 Å². The summed E-state index contributed by atoms with van der Waals surface area (Å²) in [6.07, 6.45) is 0. The number of hydrogen-bond acceptors (Lipinski definition) is 5. The zero-order valence-electron chi connectivity index (χ0n) is 12.2. The maximum Gasteiger partial charge on any atom is 0.257 e. The minimum atomic E-state index is -0.656. The summed E-state index contributed by atoms with van der Waals surface area (Å²) in [7, 11) is 1.43. The number of thiazole rings is 1. The normalized spacial score (nSPS) is 10.5. The Kier molecular flexibility index (Phi) is 3.94. The number of nitrogens with zero attached hydrogens (tertiary/aromatic N) is 1. The molecular weight excluding hydrogens is 314 g/mol. The predicted molar refractivity (Wildman–Crippen MR) is 89.1 cm³/mol. The lowest BCUT2D eigenvalue weighted by Gasteiger charge is -2.07. The van der Waals surface area contributed by atoms with Crippen LogP contribution >= 0.6 is 11.3 Å². The smallest absolute Gasteiger partial charge is 0.257 e. The monoisotopic (exact) mass is 327 g/mol. The predicted octanol–water partition coefficient (Wildman–Crippen LogP) is 2.66. The SMILES string of the molecule is COc1ccc(C(=O)Nc2nc3ccccc3s2)cc1C(N)=O. The Bertz CT molecular complexity index is 871. The van der Waals surface area contributed by atoms with E-state index >= 15 is 0 Å². The van der Waals surface area contributed by atoms with Crippen LogP contribution in [0.25, 0.3) is 10.2 Å². The van der Waals surface area contributed by atoms with Crippen molar-refractivity contribution >= 4 is 38.5 Å². The summed E-state index contributed by atoms with van der Waals surface area (Å²) in [6, 6.07) is 12.1. The van der Waals surface area contributed by atoms with E-state index in [-0.39, 0.29) is 11.5 Å². The zero-order valence-corrected chi connectivity index (χ0v) is 13.0. The Morgan fingerprint density at radius 3 is 2.70 bits per heavy atom. The highest BCUT2D eigenvalue weighted by molar-refractivity contribution is 7.22. The van der Waals surface area contributed by atoms with Gasteiger partial charge in [0.25, 0.3) is 11.8 Å². The Morgan fingerprint density at radius 1 is 1.22 bits per heavy atom. The molecule has 3 rings (SSSR count). The summed E-state index contributed by atoms with van der Waals surface area (Å²) < 4.78 is 6.04. The van der Waals surface area contributed by atoms with Crippen LogP contribution < -0.4 is 15.8 Å². The van der Waals surface area contributed by atoms with E-state index in [1.807, 2.05) is 24.3 Å². The molecule has 0 saturated heterocycles. The molecule has 0 saturated carbocycles. The lowest BCUT2D eigenvalue weighted by molar-refractivity contribution is 0.0997. The summed E-state index contributed by atoms with van der Waals surface area (Å²) in [5.74, 6) is -0.695. The number of benzene rings is 2. The van der Waals surface area contributed by atoms with Crippen molar-refractivity contribution in [3.8, 4) is 5.75 Å². The second-order valence-corrected chi connectivity index (χ2v) is 5.75. The molecule has 23 heavy (non-hydrogen) atoms. The molecule has 2 amide bonds. The summed E-state index contributed by atoms with van der Waals surface area (Å²) in [6.45, 7) is 0. The highest BCUT2D eigenvalue weighted by Crippen LogP contribution is 2.26. The van der Waals surface area contributed by atoms with Crippen molar-refractivity contribution in [1.82, 2.24) is 4.98 Å². The van der Waals surface area contributed by atoms with Gasteiger partial charge >= 0.3 is 0 Å². The van der Waals surface area contributed by atoms with Crippen LogP contribution in [0.5, 0.6) is 5.75 Å². The number of rotatable bonds is 4. The number of carbonyl (C=O) groups excluding carboxylic acids is 2. The van der Waals surface area contributed by atoms with E-state index in [1.165, 1.54) is 30.6 Å². The van der Waals surface area contributed by atoms with Crippen LogP contribution in [0.15, 0.2) is 42.5 Å². The molecule has 3 aromatic rings. The molecule has 0 aliphatic carbocycles. The molecule has 0 aliphatic heterocycles. The number of methoxy groups -OCH3 is 1. The number of para-hydroxylation sites is 1. The number of carbonyl (C=O) groups is 2. The van der Waals surface area contributed by atoms with Crippen molar-refractivity contribution in [2.24, 2.45) is 5.73 Å². The molecule has 0 bridgehead atoms. The molecule has 0 unspecified atom stereocenters. The van der Waals surface area contributed by atoms with Gasteiger partial charge in [0.15, 0.2) is 5.13 Å². The number of fused-ring (bicyclic) bond motifs is 1. The second-order valence-electron chi connectivity index (χ2n) is 4.72. The third-order valence-corrected chi connectivity index (χ3v) is 4.19. The van der Waals surface area contributed by atoms with E-state index < -0.39 is 5.91 Å². The van der Waals surface area contributed by atoms with Crippen molar-refractivity contribution in [1.29, 1.82) is 0 Å². The average Bonchev–Trinajstić information content (AvgIpc) is 2.96. The lowest BCUT2D eigenvalue weighted by Crippen LogP contribution is -2.16.